The van der Waals surface area contributed by atoms with E-state index in [0.717, 1.165) is 18.0 Å². The number of halogens is 2. The number of carbonyl (C=O) groups is 1. The minimum absolute atomic E-state index is 0.0361. The molecular formula is C17H11ClFNO4S3. The fourth-order valence-corrected chi connectivity index (χ4v) is 4.24. The number of hydrogen-bond donors (Lipinski definition) is 0. The highest BCUT2D eigenvalue weighted by atomic mass is 35.5. The predicted octanol–water partition coefficient (Wildman–Crippen LogP) is 4.22. The first-order chi connectivity index (χ1) is 12.6. The monoisotopic (exact) mass is 443 g/mol. The van der Waals surface area contributed by atoms with Crippen LogP contribution in [0.2, 0.25) is 5.02 Å². The maximum atomic E-state index is 13.1. The smallest absolute Gasteiger partial charge is 0.306 e. The van der Waals surface area contributed by atoms with Gasteiger partial charge in [-0.15, -0.1) is 0 Å². The summed E-state index contributed by atoms with van der Waals surface area (Å²) < 4.78 is 41.2. The van der Waals surface area contributed by atoms with Crippen molar-refractivity contribution < 1.29 is 21.8 Å². The van der Waals surface area contributed by atoms with Crippen LogP contribution in [0.15, 0.2) is 47.4 Å². The fourth-order valence-electron chi connectivity index (χ4n) is 2.29. The summed E-state index contributed by atoms with van der Waals surface area (Å²) in [6.45, 7) is 0. The molecule has 1 aliphatic rings. The number of amides is 1. The summed E-state index contributed by atoms with van der Waals surface area (Å²) in [5, 5.41) is 0.344. The third-order valence-corrected chi connectivity index (χ3v) is 5.40. The minimum Gasteiger partial charge on any atom is -0.382 e. The molecule has 0 unspecified atom stereocenters. The highest BCUT2D eigenvalue weighted by Gasteiger charge is 2.33. The van der Waals surface area contributed by atoms with Gasteiger partial charge in [0, 0.05) is 10.6 Å². The predicted molar refractivity (Wildman–Crippen MR) is 109 cm³/mol. The largest absolute Gasteiger partial charge is 0.382 e. The number of rotatable bonds is 4. The van der Waals surface area contributed by atoms with E-state index in [0.29, 0.717) is 16.3 Å². The minimum atomic E-state index is -3.76. The van der Waals surface area contributed by atoms with Crippen molar-refractivity contribution in [3.8, 4) is 5.75 Å². The third-order valence-electron chi connectivity index (χ3n) is 3.38. The van der Waals surface area contributed by atoms with Crippen LogP contribution in [0.1, 0.15) is 5.56 Å². The summed E-state index contributed by atoms with van der Waals surface area (Å²) in [7, 11) is -3.76. The van der Waals surface area contributed by atoms with Crippen molar-refractivity contribution in [1.29, 1.82) is 0 Å². The molecule has 5 nitrogen and oxygen atoms in total. The van der Waals surface area contributed by atoms with Gasteiger partial charge in [-0.2, -0.15) is 8.42 Å². The molecule has 1 aliphatic heterocycles. The van der Waals surface area contributed by atoms with E-state index in [1.54, 1.807) is 0 Å². The molecule has 0 N–H and O–H groups in total. The van der Waals surface area contributed by atoms with Crippen molar-refractivity contribution in [2.24, 2.45) is 0 Å². The van der Waals surface area contributed by atoms with Crippen LogP contribution >= 0.6 is 35.6 Å². The number of thiocarbonyl (C=S) groups is 1. The zero-order valence-electron chi connectivity index (χ0n) is 13.7. The molecule has 0 spiro atoms. The van der Waals surface area contributed by atoms with E-state index < -0.39 is 21.8 Å². The topological polar surface area (TPSA) is 63.7 Å². The molecule has 2 aromatic carbocycles. The van der Waals surface area contributed by atoms with E-state index in [1.165, 1.54) is 53.4 Å². The van der Waals surface area contributed by atoms with Gasteiger partial charge in [0.2, 0.25) is 0 Å². The molecule has 10 heteroatoms. The van der Waals surface area contributed by atoms with Gasteiger partial charge in [0.1, 0.15) is 11.6 Å². The molecule has 0 aromatic heterocycles. The lowest BCUT2D eigenvalue weighted by Gasteiger charge is -2.14. The molecule has 0 aliphatic carbocycles. The van der Waals surface area contributed by atoms with Crippen LogP contribution in [-0.4, -0.2) is 24.9 Å². The Balaban J connectivity index is 1.99. The second-order valence-corrected chi connectivity index (χ2v) is 9.15. The Morgan fingerprint density at radius 3 is 2.52 bits per heavy atom. The van der Waals surface area contributed by atoms with Crippen molar-refractivity contribution in [2.75, 3.05) is 11.2 Å². The average molecular weight is 444 g/mol. The number of thioether (sulfide) groups is 1. The molecule has 0 bridgehead atoms. The second-order valence-electron chi connectivity index (χ2n) is 5.46. The molecule has 27 heavy (non-hydrogen) atoms. The number of nitrogens with zero attached hydrogens (tertiary/aromatic N) is 1. The van der Waals surface area contributed by atoms with Gasteiger partial charge >= 0.3 is 10.1 Å². The standard InChI is InChI=1S/C17H11ClFNO4S3/c1-27(22,23)24-14-7-2-11(18)8-10(14)9-15-16(21)20(17(25)26-15)13-5-3-12(19)4-6-13/h2-9H,1H3/b15-9+. The van der Waals surface area contributed by atoms with E-state index in [-0.39, 0.29) is 15.0 Å². The molecule has 0 atom stereocenters. The van der Waals surface area contributed by atoms with E-state index in [4.69, 9.17) is 28.0 Å². The number of benzene rings is 2. The van der Waals surface area contributed by atoms with Gasteiger partial charge in [0.25, 0.3) is 5.91 Å². The fraction of sp³-hybridized carbons (Fsp3) is 0.0588. The molecule has 1 saturated heterocycles. The van der Waals surface area contributed by atoms with Crippen LogP contribution < -0.4 is 9.08 Å². The molecule has 0 radical (unpaired) electrons. The Bertz CT molecular complexity index is 1070. The highest BCUT2D eigenvalue weighted by Crippen LogP contribution is 2.37. The van der Waals surface area contributed by atoms with Gasteiger partial charge in [0.15, 0.2) is 4.32 Å². The van der Waals surface area contributed by atoms with E-state index in [1.807, 2.05) is 0 Å². The zero-order valence-corrected chi connectivity index (χ0v) is 16.9. The van der Waals surface area contributed by atoms with Gasteiger partial charge < -0.3 is 4.18 Å². The number of hydrogen-bond acceptors (Lipinski definition) is 6. The summed E-state index contributed by atoms with van der Waals surface area (Å²) in [6.07, 6.45) is 2.37. The maximum absolute atomic E-state index is 13.1. The van der Waals surface area contributed by atoms with Crippen molar-refractivity contribution in [3.63, 3.8) is 0 Å². The Labute approximate surface area is 169 Å². The summed E-state index contributed by atoms with van der Waals surface area (Å²) in [6, 6.07) is 9.70. The zero-order chi connectivity index (χ0) is 19.8. The Kier molecular flexibility index (Phi) is 5.57. The van der Waals surface area contributed by atoms with Gasteiger partial charge in [-0.1, -0.05) is 35.6 Å². The molecule has 3 rings (SSSR count). The Morgan fingerprint density at radius 2 is 1.89 bits per heavy atom. The summed E-state index contributed by atoms with van der Waals surface area (Å²) >= 11 is 12.3. The first kappa shape index (κ1) is 19.8. The van der Waals surface area contributed by atoms with Gasteiger partial charge in [-0.05, 0) is 48.5 Å². The first-order valence-corrected chi connectivity index (χ1v) is 10.8. The van der Waals surface area contributed by atoms with Gasteiger partial charge in [-0.3, -0.25) is 9.69 Å². The van der Waals surface area contributed by atoms with E-state index in [2.05, 4.69) is 0 Å². The lowest BCUT2D eigenvalue weighted by Crippen LogP contribution is -2.27. The average Bonchev–Trinajstić information content (AvgIpc) is 2.84. The molecule has 1 heterocycles. The summed E-state index contributed by atoms with van der Waals surface area (Å²) in [4.78, 5) is 14.3. The lowest BCUT2D eigenvalue weighted by atomic mass is 10.2. The van der Waals surface area contributed by atoms with Gasteiger partial charge in [0.05, 0.1) is 16.8 Å². The molecule has 1 amide bonds. The SMILES string of the molecule is CS(=O)(=O)Oc1ccc(Cl)cc1/C=C1/SC(=S)N(c2ccc(F)cc2)C1=O. The highest BCUT2D eigenvalue weighted by molar-refractivity contribution is 8.27. The number of carbonyl (C=O) groups excluding carboxylic acids is 1. The summed E-state index contributed by atoms with van der Waals surface area (Å²) in [5.74, 6) is -0.808. The van der Waals surface area contributed by atoms with Gasteiger partial charge in [-0.25, -0.2) is 4.39 Å². The maximum Gasteiger partial charge on any atom is 0.306 e. The van der Waals surface area contributed by atoms with Crippen LogP contribution in [0.25, 0.3) is 6.08 Å². The van der Waals surface area contributed by atoms with E-state index >= 15 is 0 Å². The van der Waals surface area contributed by atoms with Crippen LogP contribution in [0.5, 0.6) is 5.75 Å². The normalized spacial score (nSPS) is 16.3. The lowest BCUT2D eigenvalue weighted by molar-refractivity contribution is -0.113. The third kappa shape index (κ3) is 4.67. The van der Waals surface area contributed by atoms with Crippen molar-refractivity contribution in [3.05, 3.63) is 63.8 Å². The molecule has 0 saturated carbocycles. The molecule has 140 valence electrons. The Morgan fingerprint density at radius 1 is 1.22 bits per heavy atom. The van der Waals surface area contributed by atoms with Crippen molar-refractivity contribution in [1.82, 2.24) is 0 Å². The van der Waals surface area contributed by atoms with Crippen LogP contribution in [-0.2, 0) is 14.9 Å². The first-order valence-electron chi connectivity index (χ1n) is 7.36. The van der Waals surface area contributed by atoms with Crippen LogP contribution in [0, 0.1) is 5.82 Å². The van der Waals surface area contributed by atoms with Crippen molar-refractivity contribution in [2.45, 2.75) is 0 Å². The van der Waals surface area contributed by atoms with E-state index in [9.17, 15) is 17.6 Å². The molecular weight excluding hydrogens is 433 g/mol. The van der Waals surface area contributed by atoms with Crippen molar-refractivity contribution >= 4 is 67.7 Å². The Hall–Kier alpha value is -1.94. The molecule has 2 aromatic rings. The molecule has 1 fully saturated rings. The van der Waals surface area contributed by atoms with Crippen LogP contribution in [0.4, 0.5) is 10.1 Å². The second kappa shape index (κ2) is 7.59. The summed E-state index contributed by atoms with van der Waals surface area (Å²) in [5.41, 5.74) is 0.744. The number of anilines is 1. The van der Waals surface area contributed by atoms with Crippen LogP contribution in [0.3, 0.4) is 0 Å². The quantitative estimate of drug-likeness (QED) is 0.400.